The van der Waals surface area contributed by atoms with Crippen molar-refractivity contribution in [1.29, 1.82) is 0 Å². The third-order valence-electron chi connectivity index (χ3n) is 20.8. The van der Waals surface area contributed by atoms with E-state index in [1.165, 1.54) is 63.4 Å². The molecule has 6 aliphatic carbocycles. The van der Waals surface area contributed by atoms with Gasteiger partial charge in [0, 0.05) is 30.3 Å². The molecule has 1 aromatic rings. The molecule has 4 N–H and O–H groups in total. The average molecular weight is 805 g/mol. The van der Waals surface area contributed by atoms with E-state index in [4.69, 9.17) is 9.47 Å². The number of hydrogen-bond acceptors (Lipinski definition) is 6. The first-order chi connectivity index (χ1) is 27.5. The summed E-state index contributed by atoms with van der Waals surface area (Å²) in [4.78, 5) is 13.1. The molecule has 0 amide bonds. The number of ether oxygens (including phenoxy) is 2. The molecule has 326 valence electrons. The largest absolute Gasteiger partial charge is 0.481 e. The van der Waals surface area contributed by atoms with Gasteiger partial charge in [-0.25, -0.2) is 0 Å². The second kappa shape index (κ2) is 15.4. The quantitative estimate of drug-likeness (QED) is 0.147. The van der Waals surface area contributed by atoms with Gasteiger partial charge < -0.3 is 29.9 Å². The van der Waals surface area contributed by atoms with Crippen LogP contribution in [0.3, 0.4) is 0 Å². The van der Waals surface area contributed by atoms with Crippen molar-refractivity contribution in [1.82, 2.24) is 0 Å². The normalized spacial score (nSPS) is 47.4. The Bertz CT molecular complexity index is 1640. The maximum absolute atomic E-state index is 13.1. The molecule has 0 aromatic heterocycles. The van der Waals surface area contributed by atoms with Crippen molar-refractivity contribution in [2.75, 3.05) is 20.3 Å². The molecule has 8 rings (SSSR count). The molecule has 1 unspecified atom stereocenters. The number of aliphatic hydroxyl groups excluding tert-OH is 2. The Labute approximate surface area is 350 Å². The van der Waals surface area contributed by atoms with Gasteiger partial charge in [0.25, 0.3) is 0 Å². The maximum atomic E-state index is 13.1. The van der Waals surface area contributed by atoms with E-state index in [-0.39, 0.29) is 47.2 Å². The van der Waals surface area contributed by atoms with Crippen LogP contribution in [0.25, 0.3) is 0 Å². The number of aliphatic hydroxyl groups is 3. The van der Waals surface area contributed by atoms with Gasteiger partial charge in [0.05, 0.1) is 30.8 Å². The van der Waals surface area contributed by atoms with Crippen LogP contribution in [0, 0.1) is 61.6 Å². The van der Waals surface area contributed by atoms with Crippen LogP contribution in [-0.4, -0.2) is 64.7 Å². The van der Waals surface area contributed by atoms with Crippen LogP contribution in [0.4, 0.5) is 0 Å². The van der Waals surface area contributed by atoms with E-state index in [2.05, 4.69) is 52.0 Å². The van der Waals surface area contributed by atoms with E-state index in [0.717, 1.165) is 82.1 Å². The van der Waals surface area contributed by atoms with E-state index < -0.39 is 39.5 Å². The molecule has 7 aliphatic rings. The zero-order valence-corrected chi connectivity index (χ0v) is 37.3. The summed E-state index contributed by atoms with van der Waals surface area (Å²) in [6, 6.07) is 8.72. The minimum absolute atomic E-state index is 0.00456. The summed E-state index contributed by atoms with van der Waals surface area (Å²) in [5.74, 6) is -0.840. The highest BCUT2D eigenvalue weighted by Crippen LogP contribution is 2.84. The molecule has 7 heteroatoms. The number of benzene rings is 1. The van der Waals surface area contributed by atoms with Gasteiger partial charge in [0.15, 0.2) is 5.79 Å². The molecule has 7 nitrogen and oxygen atoms in total. The summed E-state index contributed by atoms with van der Waals surface area (Å²) in [6.07, 6.45) is 22.0. The predicted octanol–water partition coefficient (Wildman–Crippen LogP) is 10.3. The zero-order valence-electron chi connectivity index (χ0n) is 37.3. The van der Waals surface area contributed by atoms with E-state index in [9.17, 15) is 25.2 Å². The lowest BCUT2D eigenvalue weighted by Crippen LogP contribution is -2.77. The fourth-order valence-electron chi connectivity index (χ4n) is 17.3. The third kappa shape index (κ3) is 6.13. The number of carboxylic acid groups (broad SMARTS) is 1. The fourth-order valence-corrected chi connectivity index (χ4v) is 17.3. The molecule has 1 saturated heterocycles. The monoisotopic (exact) mass is 805 g/mol. The van der Waals surface area contributed by atoms with Gasteiger partial charge in [-0.15, -0.1) is 0 Å². The second-order valence-corrected chi connectivity index (χ2v) is 22.8. The maximum Gasteiger partial charge on any atom is 0.309 e. The van der Waals surface area contributed by atoms with Gasteiger partial charge in [-0.3, -0.25) is 4.79 Å². The van der Waals surface area contributed by atoms with Crippen molar-refractivity contribution < 1.29 is 34.7 Å². The van der Waals surface area contributed by atoms with Crippen molar-refractivity contribution >= 4 is 5.97 Å². The zero-order chi connectivity index (χ0) is 41.4. The first kappa shape index (κ1) is 43.2. The molecule has 1 spiro atoms. The lowest BCUT2D eigenvalue weighted by atomic mass is 9.25. The number of aliphatic carboxylic acids is 1. The summed E-state index contributed by atoms with van der Waals surface area (Å²) in [7, 11) is 1.73. The van der Waals surface area contributed by atoms with E-state index in [0.29, 0.717) is 18.9 Å². The van der Waals surface area contributed by atoms with Crippen LogP contribution in [0.5, 0.6) is 0 Å². The van der Waals surface area contributed by atoms with E-state index >= 15 is 0 Å². The Morgan fingerprint density at radius 1 is 0.828 bits per heavy atom. The molecule has 58 heavy (non-hydrogen) atoms. The van der Waals surface area contributed by atoms with Crippen LogP contribution in [0.1, 0.15) is 174 Å². The summed E-state index contributed by atoms with van der Waals surface area (Å²) in [6.45, 7) is 12.3. The van der Waals surface area contributed by atoms with Gasteiger partial charge in [0.2, 0.25) is 0 Å². The molecular weight excluding hydrogens is 725 g/mol. The first-order valence-corrected chi connectivity index (χ1v) is 24.0. The number of carboxylic acids is 1. The summed E-state index contributed by atoms with van der Waals surface area (Å²) >= 11 is 0. The number of hydrogen-bond donors (Lipinski definition) is 4. The first-order valence-electron chi connectivity index (χ1n) is 24.0. The molecule has 7 fully saturated rings. The highest BCUT2D eigenvalue weighted by Gasteiger charge is 2.83. The predicted molar refractivity (Wildman–Crippen MR) is 228 cm³/mol. The molecule has 13 atom stereocenters. The van der Waals surface area contributed by atoms with Crippen LogP contribution >= 0.6 is 0 Å². The second-order valence-electron chi connectivity index (χ2n) is 22.8. The van der Waals surface area contributed by atoms with Crippen LogP contribution < -0.4 is 0 Å². The standard InChI is InChI=1S/C51H80O7/c1-35-49-23-20-39-46(4)27-26-44(2)24-25-45(3,43(54)55)32-40(44)48(46,22-12-8-11-15-36-13-9-7-10-14-36)29-28-47(39,5)50(49,34-52)41(53)33-51(35,56)58-42(49)31-38-18-16-37(17-19-38)21-30-57-6/h16-19,35-36,39-42,52-53,56H,7-15,20-34H2,1-6H3,(H,54,55)/t35-,39-,40?,41-,42+,44-,45+,46-,47+,48-,49+,50-,51-/m0/s1. The summed E-state index contributed by atoms with van der Waals surface area (Å²) in [5, 5.41) is 48.0. The van der Waals surface area contributed by atoms with Crippen molar-refractivity contribution in [3.05, 3.63) is 35.4 Å². The minimum Gasteiger partial charge on any atom is -0.481 e. The summed E-state index contributed by atoms with van der Waals surface area (Å²) in [5.41, 5.74) is -0.157. The van der Waals surface area contributed by atoms with Crippen molar-refractivity contribution in [2.24, 2.45) is 61.6 Å². The molecule has 2 bridgehead atoms. The number of carbonyl (C=O) groups is 1. The Balaban J connectivity index is 1.16. The van der Waals surface area contributed by atoms with Crippen molar-refractivity contribution in [3.63, 3.8) is 0 Å². The molecule has 1 aromatic carbocycles. The van der Waals surface area contributed by atoms with E-state index in [1.54, 1.807) is 7.11 Å². The Morgan fingerprint density at radius 2 is 1.52 bits per heavy atom. The lowest BCUT2D eigenvalue weighted by Gasteiger charge is -2.78. The number of fused-ring (bicyclic) bond motifs is 7. The smallest absolute Gasteiger partial charge is 0.309 e. The van der Waals surface area contributed by atoms with Crippen molar-refractivity contribution in [3.8, 4) is 0 Å². The molecule has 6 saturated carbocycles. The number of methoxy groups -OCH3 is 1. The van der Waals surface area contributed by atoms with Crippen LogP contribution in [0.2, 0.25) is 0 Å². The van der Waals surface area contributed by atoms with Gasteiger partial charge in [-0.2, -0.15) is 0 Å². The van der Waals surface area contributed by atoms with Crippen LogP contribution in [-0.2, 0) is 27.1 Å². The van der Waals surface area contributed by atoms with Gasteiger partial charge in [-0.05, 0) is 135 Å². The molecule has 1 heterocycles. The summed E-state index contributed by atoms with van der Waals surface area (Å²) < 4.78 is 12.2. The van der Waals surface area contributed by atoms with Gasteiger partial charge in [-0.1, -0.05) is 110 Å². The number of unbranched alkanes of at least 4 members (excludes halogenated alkanes) is 2. The Morgan fingerprint density at radius 3 is 2.21 bits per heavy atom. The van der Waals surface area contributed by atoms with E-state index in [1.807, 2.05) is 6.92 Å². The van der Waals surface area contributed by atoms with Gasteiger partial charge in [0.1, 0.15) is 0 Å². The topological polar surface area (TPSA) is 116 Å². The molecule has 1 aliphatic heterocycles. The van der Waals surface area contributed by atoms with Gasteiger partial charge >= 0.3 is 5.97 Å². The third-order valence-corrected chi connectivity index (χ3v) is 20.8. The number of rotatable bonds is 13. The van der Waals surface area contributed by atoms with Crippen LogP contribution in [0.15, 0.2) is 24.3 Å². The molecular formula is C51H80O7. The van der Waals surface area contributed by atoms with Crippen molar-refractivity contribution in [2.45, 2.75) is 194 Å². The SMILES string of the molecule is COCCc1ccc(C[C@H]2O[C@@]3(O)C[C@H](O)[C@]4(CO)[C@]2(CC[C@H]2[C@]5(C)CC[C@]6(C)CC[C@@](C)(C(=O)O)CC6[C@]5(CCCCCC5CCCCC5)CC[C@]24C)[C@@H]3C)cc1. The fraction of sp³-hybridized carbons (Fsp3) is 0.863. The Hall–Kier alpha value is -1.51. The lowest BCUT2D eigenvalue weighted by molar-refractivity contribution is -0.336. The Kier molecular flexibility index (Phi) is 11.4. The highest BCUT2D eigenvalue weighted by molar-refractivity contribution is 5.74. The molecule has 0 radical (unpaired) electrons. The highest BCUT2D eigenvalue weighted by atomic mass is 16.6. The minimum atomic E-state index is -1.44. The average Bonchev–Trinajstić information content (AvgIpc) is 3.34.